The predicted molar refractivity (Wildman–Crippen MR) is 65.1 cm³/mol. The number of alkyl halides is 3. The highest BCUT2D eigenvalue weighted by atomic mass is 19.4. The number of nitrogens with one attached hydrogen (secondary N) is 1. The zero-order valence-electron chi connectivity index (χ0n) is 10.7. The molecule has 2 aliphatic carbocycles. The minimum Gasteiger partial charge on any atom is -0.330 e. The molecule has 0 amide bonds. The van der Waals surface area contributed by atoms with E-state index in [0.29, 0.717) is 31.3 Å². The second kappa shape index (κ2) is 5.78. The number of halogens is 3. The van der Waals surface area contributed by atoms with E-state index >= 15 is 0 Å². The van der Waals surface area contributed by atoms with Crippen molar-refractivity contribution in [3.8, 4) is 0 Å². The van der Waals surface area contributed by atoms with Gasteiger partial charge in [0.1, 0.15) is 0 Å². The first-order valence-corrected chi connectivity index (χ1v) is 7.03. The Morgan fingerprint density at radius 2 is 1.67 bits per heavy atom. The fraction of sp³-hybridized carbons (Fsp3) is 1.00. The Bertz CT molecular complexity index is 259. The van der Waals surface area contributed by atoms with Crippen LogP contribution in [0.15, 0.2) is 0 Å². The molecule has 2 aliphatic rings. The summed E-state index contributed by atoms with van der Waals surface area (Å²) >= 11 is 0. The Labute approximate surface area is 106 Å². The summed E-state index contributed by atoms with van der Waals surface area (Å²) in [5.41, 5.74) is 5.72. The minimum absolute atomic E-state index is 0.265. The van der Waals surface area contributed by atoms with Crippen molar-refractivity contribution >= 4 is 0 Å². The SMILES string of the molecule is NCC1CCCC1NC1CCC(C(F)(F)F)CC1. The van der Waals surface area contributed by atoms with E-state index < -0.39 is 12.1 Å². The lowest BCUT2D eigenvalue weighted by atomic mass is 9.85. The molecule has 2 unspecified atom stereocenters. The summed E-state index contributed by atoms with van der Waals surface area (Å²) in [5.74, 6) is -0.560. The van der Waals surface area contributed by atoms with Gasteiger partial charge in [-0.05, 0) is 51.0 Å². The molecular formula is C13H23F3N2. The van der Waals surface area contributed by atoms with Crippen molar-refractivity contribution in [2.75, 3.05) is 6.54 Å². The molecular weight excluding hydrogens is 241 g/mol. The Kier molecular flexibility index (Phi) is 4.54. The number of hydrogen-bond donors (Lipinski definition) is 2. The van der Waals surface area contributed by atoms with Gasteiger partial charge in [0.25, 0.3) is 0 Å². The zero-order chi connectivity index (χ0) is 13.2. The third-order valence-electron chi connectivity index (χ3n) is 4.60. The zero-order valence-corrected chi connectivity index (χ0v) is 10.7. The van der Waals surface area contributed by atoms with Crippen LogP contribution in [0.3, 0.4) is 0 Å². The van der Waals surface area contributed by atoms with Crippen LogP contribution in [0.1, 0.15) is 44.9 Å². The van der Waals surface area contributed by atoms with Crippen molar-refractivity contribution < 1.29 is 13.2 Å². The van der Waals surface area contributed by atoms with Gasteiger partial charge in [0.2, 0.25) is 0 Å². The third-order valence-corrected chi connectivity index (χ3v) is 4.60. The first-order valence-electron chi connectivity index (χ1n) is 7.03. The monoisotopic (exact) mass is 264 g/mol. The molecule has 0 aromatic heterocycles. The average Bonchev–Trinajstić information content (AvgIpc) is 2.76. The molecule has 0 saturated heterocycles. The third kappa shape index (κ3) is 3.38. The van der Waals surface area contributed by atoms with E-state index in [9.17, 15) is 13.2 Å². The summed E-state index contributed by atoms with van der Waals surface area (Å²) in [5, 5.41) is 3.54. The molecule has 0 heterocycles. The van der Waals surface area contributed by atoms with Crippen molar-refractivity contribution in [2.45, 2.75) is 63.2 Å². The standard InChI is InChI=1S/C13H23F3N2/c14-13(15,16)10-4-6-11(7-5-10)18-12-3-1-2-9(12)8-17/h9-12,18H,1-8,17H2. The summed E-state index contributed by atoms with van der Waals surface area (Å²) in [6.45, 7) is 0.690. The van der Waals surface area contributed by atoms with Crippen LogP contribution < -0.4 is 11.1 Å². The van der Waals surface area contributed by atoms with Crippen LogP contribution in [0.4, 0.5) is 13.2 Å². The molecule has 18 heavy (non-hydrogen) atoms. The van der Waals surface area contributed by atoms with Crippen LogP contribution in [0, 0.1) is 11.8 Å². The molecule has 2 nitrogen and oxygen atoms in total. The van der Waals surface area contributed by atoms with Gasteiger partial charge < -0.3 is 11.1 Å². The maximum atomic E-state index is 12.6. The van der Waals surface area contributed by atoms with Crippen molar-refractivity contribution in [1.29, 1.82) is 0 Å². The topological polar surface area (TPSA) is 38.0 Å². The highest BCUT2D eigenvalue weighted by Gasteiger charge is 2.41. The molecule has 106 valence electrons. The first-order chi connectivity index (χ1) is 8.50. The van der Waals surface area contributed by atoms with Gasteiger partial charge in [-0.15, -0.1) is 0 Å². The van der Waals surface area contributed by atoms with Crippen LogP contribution in [-0.2, 0) is 0 Å². The van der Waals surface area contributed by atoms with E-state index in [0.717, 1.165) is 12.8 Å². The molecule has 0 radical (unpaired) electrons. The van der Waals surface area contributed by atoms with E-state index in [4.69, 9.17) is 5.73 Å². The molecule has 0 aromatic rings. The Hall–Kier alpha value is -0.290. The smallest absolute Gasteiger partial charge is 0.330 e. The van der Waals surface area contributed by atoms with Crippen LogP contribution in [0.25, 0.3) is 0 Å². The Morgan fingerprint density at radius 3 is 2.22 bits per heavy atom. The molecule has 2 saturated carbocycles. The van der Waals surface area contributed by atoms with Crippen LogP contribution >= 0.6 is 0 Å². The summed E-state index contributed by atoms with van der Waals surface area (Å²) < 4.78 is 37.7. The maximum absolute atomic E-state index is 12.6. The first kappa shape index (κ1) is 14.1. The van der Waals surface area contributed by atoms with E-state index in [1.54, 1.807) is 0 Å². The van der Waals surface area contributed by atoms with Gasteiger partial charge in [-0.25, -0.2) is 0 Å². The molecule has 3 N–H and O–H groups in total. The van der Waals surface area contributed by atoms with Crippen LogP contribution in [0.5, 0.6) is 0 Å². The molecule has 2 atom stereocenters. The lowest BCUT2D eigenvalue weighted by Gasteiger charge is -2.33. The van der Waals surface area contributed by atoms with Crippen LogP contribution in [-0.4, -0.2) is 24.8 Å². The van der Waals surface area contributed by atoms with Gasteiger partial charge in [0.05, 0.1) is 5.92 Å². The maximum Gasteiger partial charge on any atom is 0.391 e. The summed E-state index contributed by atoms with van der Waals surface area (Å²) in [6, 6.07) is 0.697. The molecule has 2 rings (SSSR count). The van der Waals surface area contributed by atoms with Gasteiger partial charge in [-0.3, -0.25) is 0 Å². The van der Waals surface area contributed by atoms with Gasteiger partial charge in [0, 0.05) is 12.1 Å². The molecule has 0 aliphatic heterocycles. The van der Waals surface area contributed by atoms with Crippen molar-refractivity contribution in [1.82, 2.24) is 5.32 Å². The van der Waals surface area contributed by atoms with Gasteiger partial charge in [0.15, 0.2) is 0 Å². The van der Waals surface area contributed by atoms with Gasteiger partial charge in [-0.2, -0.15) is 13.2 Å². The fourth-order valence-corrected chi connectivity index (χ4v) is 3.43. The quantitative estimate of drug-likeness (QED) is 0.822. The lowest BCUT2D eigenvalue weighted by Crippen LogP contribution is -2.45. The Morgan fingerprint density at radius 1 is 1.00 bits per heavy atom. The van der Waals surface area contributed by atoms with Gasteiger partial charge in [-0.1, -0.05) is 6.42 Å². The molecule has 0 aromatic carbocycles. The largest absolute Gasteiger partial charge is 0.391 e. The van der Waals surface area contributed by atoms with Crippen molar-refractivity contribution in [2.24, 2.45) is 17.6 Å². The second-order valence-corrected chi connectivity index (χ2v) is 5.79. The summed E-state index contributed by atoms with van der Waals surface area (Å²) in [4.78, 5) is 0. The van der Waals surface area contributed by atoms with Crippen molar-refractivity contribution in [3.63, 3.8) is 0 Å². The number of hydrogen-bond acceptors (Lipinski definition) is 2. The summed E-state index contributed by atoms with van der Waals surface area (Å²) in [7, 11) is 0. The molecule has 0 bridgehead atoms. The Balaban J connectivity index is 1.77. The normalized spacial score (nSPS) is 38.0. The van der Waals surface area contributed by atoms with E-state index in [2.05, 4.69) is 5.32 Å². The van der Waals surface area contributed by atoms with E-state index in [-0.39, 0.29) is 18.9 Å². The lowest BCUT2D eigenvalue weighted by molar-refractivity contribution is -0.182. The van der Waals surface area contributed by atoms with E-state index in [1.165, 1.54) is 6.42 Å². The van der Waals surface area contributed by atoms with E-state index in [1.807, 2.05) is 0 Å². The van der Waals surface area contributed by atoms with Gasteiger partial charge >= 0.3 is 6.18 Å². The molecule has 5 heteroatoms. The number of nitrogens with two attached hydrogens (primary N) is 1. The fourth-order valence-electron chi connectivity index (χ4n) is 3.43. The highest BCUT2D eigenvalue weighted by Crippen LogP contribution is 2.38. The molecule has 2 fully saturated rings. The highest BCUT2D eigenvalue weighted by molar-refractivity contribution is 4.88. The predicted octanol–water partition coefficient (Wildman–Crippen LogP) is 2.82. The molecule has 0 spiro atoms. The average molecular weight is 264 g/mol. The second-order valence-electron chi connectivity index (χ2n) is 5.79. The van der Waals surface area contributed by atoms with Crippen LogP contribution in [0.2, 0.25) is 0 Å². The number of rotatable bonds is 3. The van der Waals surface area contributed by atoms with Crippen molar-refractivity contribution in [3.05, 3.63) is 0 Å². The summed E-state index contributed by atoms with van der Waals surface area (Å²) in [6.07, 6.45) is 1.33. The minimum atomic E-state index is -4.00.